The van der Waals surface area contributed by atoms with E-state index in [1.54, 1.807) is 6.07 Å². The molecule has 0 aliphatic heterocycles. The Morgan fingerprint density at radius 2 is 2.12 bits per heavy atom. The molecule has 0 heterocycles. The van der Waals surface area contributed by atoms with Gasteiger partial charge < -0.3 is 5.32 Å². The van der Waals surface area contributed by atoms with E-state index in [0.717, 1.165) is 18.5 Å². The molecule has 0 fully saturated rings. The van der Waals surface area contributed by atoms with Crippen LogP contribution in [0.15, 0.2) is 18.2 Å². The third-order valence-electron chi connectivity index (χ3n) is 2.79. The van der Waals surface area contributed by atoms with Crippen LogP contribution in [0, 0.1) is 12.7 Å². The summed E-state index contributed by atoms with van der Waals surface area (Å²) in [5.74, 6) is -0.115. The van der Waals surface area contributed by atoms with E-state index in [1.807, 2.05) is 19.1 Å². The van der Waals surface area contributed by atoms with Crippen LogP contribution >= 0.6 is 0 Å². The molecule has 1 aromatic rings. The van der Waals surface area contributed by atoms with E-state index in [0.29, 0.717) is 6.04 Å². The molecule has 0 amide bonds. The summed E-state index contributed by atoms with van der Waals surface area (Å²) < 4.78 is 13.1. The Labute approximate surface area is 98.1 Å². The van der Waals surface area contributed by atoms with Crippen molar-refractivity contribution in [2.24, 2.45) is 0 Å². The van der Waals surface area contributed by atoms with Crippen molar-refractivity contribution >= 4 is 0 Å². The van der Waals surface area contributed by atoms with Gasteiger partial charge in [-0.1, -0.05) is 25.5 Å². The Balaban J connectivity index is 2.43. The van der Waals surface area contributed by atoms with Gasteiger partial charge in [0.1, 0.15) is 5.82 Å². The monoisotopic (exact) mass is 223 g/mol. The van der Waals surface area contributed by atoms with Gasteiger partial charge in [0.05, 0.1) is 0 Å². The first-order valence-corrected chi connectivity index (χ1v) is 6.12. The van der Waals surface area contributed by atoms with E-state index in [1.165, 1.54) is 18.4 Å². The van der Waals surface area contributed by atoms with Crippen LogP contribution in [0.3, 0.4) is 0 Å². The minimum absolute atomic E-state index is 0.115. The predicted molar refractivity (Wildman–Crippen MR) is 67.2 cm³/mol. The van der Waals surface area contributed by atoms with E-state index in [-0.39, 0.29) is 5.82 Å². The molecular formula is C14H22FN. The summed E-state index contributed by atoms with van der Waals surface area (Å²) in [6.45, 7) is 7.25. The van der Waals surface area contributed by atoms with Crippen molar-refractivity contribution in [2.75, 3.05) is 6.54 Å². The van der Waals surface area contributed by atoms with Gasteiger partial charge >= 0.3 is 0 Å². The summed E-state index contributed by atoms with van der Waals surface area (Å²) in [6, 6.07) is 5.83. The predicted octanol–water partition coefficient (Wildman–Crippen LogP) is 3.45. The third kappa shape index (κ3) is 4.31. The van der Waals surface area contributed by atoms with Gasteiger partial charge in [-0.15, -0.1) is 0 Å². The van der Waals surface area contributed by atoms with E-state index in [4.69, 9.17) is 0 Å². The minimum Gasteiger partial charge on any atom is -0.314 e. The standard InChI is InChI=1S/C14H22FN/c1-4-5-8-16-12(3)10-13-6-7-14(15)11(2)9-13/h6-7,9,12,16H,4-5,8,10H2,1-3H3. The molecule has 0 saturated carbocycles. The van der Waals surface area contributed by atoms with Gasteiger partial charge in [0.25, 0.3) is 0 Å². The van der Waals surface area contributed by atoms with E-state index < -0.39 is 0 Å². The van der Waals surface area contributed by atoms with Gasteiger partial charge in [-0.25, -0.2) is 4.39 Å². The maximum atomic E-state index is 13.1. The second-order valence-electron chi connectivity index (χ2n) is 4.50. The lowest BCUT2D eigenvalue weighted by Crippen LogP contribution is -2.28. The maximum absolute atomic E-state index is 13.1. The lowest BCUT2D eigenvalue weighted by Gasteiger charge is -2.14. The molecule has 2 heteroatoms. The summed E-state index contributed by atoms with van der Waals surface area (Å²) in [5, 5.41) is 3.47. The lowest BCUT2D eigenvalue weighted by molar-refractivity contribution is 0.530. The molecule has 0 aliphatic carbocycles. The topological polar surface area (TPSA) is 12.0 Å². The van der Waals surface area contributed by atoms with Crippen LogP contribution < -0.4 is 5.32 Å². The Kier molecular flexibility index (Phi) is 5.47. The first-order chi connectivity index (χ1) is 7.63. The smallest absolute Gasteiger partial charge is 0.126 e. The second-order valence-corrected chi connectivity index (χ2v) is 4.50. The first-order valence-electron chi connectivity index (χ1n) is 6.12. The molecular weight excluding hydrogens is 201 g/mol. The Morgan fingerprint density at radius 3 is 2.75 bits per heavy atom. The number of hydrogen-bond donors (Lipinski definition) is 1. The van der Waals surface area contributed by atoms with Crippen molar-refractivity contribution in [1.82, 2.24) is 5.32 Å². The largest absolute Gasteiger partial charge is 0.314 e. The quantitative estimate of drug-likeness (QED) is 0.728. The molecule has 1 rings (SSSR count). The first kappa shape index (κ1) is 13.2. The summed E-state index contributed by atoms with van der Waals surface area (Å²) in [4.78, 5) is 0. The highest BCUT2D eigenvalue weighted by Crippen LogP contribution is 2.11. The molecule has 0 aliphatic rings. The molecule has 16 heavy (non-hydrogen) atoms. The average Bonchev–Trinajstić information content (AvgIpc) is 2.24. The van der Waals surface area contributed by atoms with Gasteiger partial charge in [-0.05, 0) is 50.4 Å². The van der Waals surface area contributed by atoms with Gasteiger partial charge in [-0.2, -0.15) is 0 Å². The fourth-order valence-electron chi connectivity index (χ4n) is 1.78. The molecule has 0 bridgehead atoms. The number of hydrogen-bond acceptors (Lipinski definition) is 1. The van der Waals surface area contributed by atoms with Gasteiger partial charge in [0.15, 0.2) is 0 Å². The molecule has 0 saturated heterocycles. The summed E-state index contributed by atoms with van der Waals surface area (Å²) >= 11 is 0. The molecule has 1 unspecified atom stereocenters. The second kappa shape index (κ2) is 6.64. The molecule has 1 N–H and O–H groups in total. The number of benzene rings is 1. The van der Waals surface area contributed by atoms with Crippen molar-refractivity contribution in [2.45, 2.75) is 46.1 Å². The Morgan fingerprint density at radius 1 is 1.38 bits per heavy atom. The molecule has 0 radical (unpaired) electrons. The van der Waals surface area contributed by atoms with Gasteiger partial charge in [-0.3, -0.25) is 0 Å². The summed E-state index contributed by atoms with van der Waals surface area (Å²) in [5.41, 5.74) is 1.94. The fourth-order valence-corrected chi connectivity index (χ4v) is 1.78. The highest BCUT2D eigenvalue weighted by atomic mass is 19.1. The SMILES string of the molecule is CCCCNC(C)Cc1ccc(F)c(C)c1. The number of unbranched alkanes of at least 4 members (excludes halogenated alkanes) is 1. The highest BCUT2D eigenvalue weighted by Gasteiger charge is 2.04. The van der Waals surface area contributed by atoms with Gasteiger partial charge in [0, 0.05) is 6.04 Å². The zero-order chi connectivity index (χ0) is 12.0. The van der Waals surface area contributed by atoms with Crippen LogP contribution in [0.2, 0.25) is 0 Å². The normalized spacial score (nSPS) is 12.8. The lowest BCUT2D eigenvalue weighted by atomic mass is 10.0. The van der Waals surface area contributed by atoms with E-state index in [9.17, 15) is 4.39 Å². The fraction of sp³-hybridized carbons (Fsp3) is 0.571. The van der Waals surface area contributed by atoms with Crippen LogP contribution in [0.4, 0.5) is 4.39 Å². The van der Waals surface area contributed by atoms with Gasteiger partial charge in [0.2, 0.25) is 0 Å². The molecule has 1 nitrogen and oxygen atoms in total. The Bertz CT molecular complexity index is 323. The van der Waals surface area contributed by atoms with E-state index in [2.05, 4.69) is 19.2 Å². The number of nitrogens with one attached hydrogen (secondary N) is 1. The molecule has 1 atom stereocenters. The van der Waals surface area contributed by atoms with Crippen LogP contribution in [0.25, 0.3) is 0 Å². The number of rotatable bonds is 6. The molecule has 0 aromatic heterocycles. The van der Waals surface area contributed by atoms with Crippen LogP contribution in [0.5, 0.6) is 0 Å². The zero-order valence-electron chi connectivity index (χ0n) is 10.5. The molecule has 0 spiro atoms. The van der Waals surface area contributed by atoms with Crippen molar-refractivity contribution in [3.8, 4) is 0 Å². The van der Waals surface area contributed by atoms with Crippen molar-refractivity contribution in [3.63, 3.8) is 0 Å². The van der Waals surface area contributed by atoms with Crippen LogP contribution in [-0.2, 0) is 6.42 Å². The molecule has 1 aromatic carbocycles. The average molecular weight is 223 g/mol. The summed E-state index contributed by atoms with van der Waals surface area (Å²) in [7, 11) is 0. The van der Waals surface area contributed by atoms with Crippen molar-refractivity contribution < 1.29 is 4.39 Å². The van der Waals surface area contributed by atoms with Crippen molar-refractivity contribution in [3.05, 3.63) is 35.1 Å². The molecule has 90 valence electrons. The Hall–Kier alpha value is -0.890. The minimum atomic E-state index is -0.115. The van der Waals surface area contributed by atoms with Crippen LogP contribution in [0.1, 0.15) is 37.8 Å². The van der Waals surface area contributed by atoms with Crippen molar-refractivity contribution in [1.29, 1.82) is 0 Å². The number of halogens is 1. The number of aryl methyl sites for hydroxylation is 1. The third-order valence-corrected chi connectivity index (χ3v) is 2.79. The highest BCUT2D eigenvalue weighted by molar-refractivity contribution is 5.24. The maximum Gasteiger partial charge on any atom is 0.126 e. The van der Waals surface area contributed by atoms with E-state index >= 15 is 0 Å². The summed E-state index contributed by atoms with van der Waals surface area (Å²) in [6.07, 6.45) is 3.40. The van der Waals surface area contributed by atoms with Crippen LogP contribution in [-0.4, -0.2) is 12.6 Å². The zero-order valence-corrected chi connectivity index (χ0v) is 10.5.